The van der Waals surface area contributed by atoms with Crippen LogP contribution in [0.1, 0.15) is 12.0 Å². The highest BCUT2D eigenvalue weighted by atomic mass is 19.1. The summed E-state index contributed by atoms with van der Waals surface area (Å²) in [6, 6.07) is 3.82. The largest absolute Gasteiger partial charge is 0.469 e. The lowest BCUT2D eigenvalue weighted by molar-refractivity contribution is -0.145. The maximum Gasteiger partial charge on any atom is 0.308 e. The molecule has 1 aromatic rings. The second-order valence-corrected chi connectivity index (χ2v) is 4.71. The maximum absolute atomic E-state index is 13.6. The molecule has 1 aromatic carbocycles. The highest BCUT2D eigenvalue weighted by Gasteiger charge is 2.24. The van der Waals surface area contributed by atoms with Gasteiger partial charge in [0.2, 0.25) is 0 Å². The molecule has 110 valence electrons. The number of hydrogen-bond donors (Lipinski definition) is 0. The molecule has 0 saturated carbocycles. The fraction of sp³-hybridized carbons (Fsp3) is 0.500. The molecular weight excluding hydrogens is 268 g/mol. The predicted molar refractivity (Wildman–Crippen MR) is 68.0 cm³/mol. The van der Waals surface area contributed by atoms with E-state index in [2.05, 4.69) is 4.74 Å². The van der Waals surface area contributed by atoms with E-state index in [-0.39, 0.29) is 30.6 Å². The molecule has 1 heterocycles. The summed E-state index contributed by atoms with van der Waals surface area (Å²) in [6.07, 6.45) is -0.154. The Morgan fingerprint density at radius 3 is 2.80 bits per heavy atom. The van der Waals surface area contributed by atoms with Gasteiger partial charge < -0.3 is 9.47 Å². The van der Waals surface area contributed by atoms with E-state index in [0.29, 0.717) is 19.7 Å². The van der Waals surface area contributed by atoms with E-state index in [1.807, 2.05) is 4.90 Å². The van der Waals surface area contributed by atoms with Crippen molar-refractivity contribution in [1.82, 2.24) is 4.90 Å². The lowest BCUT2D eigenvalue weighted by Gasteiger charge is -2.32. The van der Waals surface area contributed by atoms with Gasteiger partial charge in [0, 0.05) is 25.2 Å². The molecule has 1 atom stereocenters. The van der Waals surface area contributed by atoms with Crippen LogP contribution >= 0.6 is 0 Å². The van der Waals surface area contributed by atoms with Gasteiger partial charge in [-0.25, -0.2) is 8.78 Å². The number of nitrogens with zero attached hydrogens (tertiary/aromatic N) is 1. The van der Waals surface area contributed by atoms with E-state index in [1.54, 1.807) is 0 Å². The summed E-state index contributed by atoms with van der Waals surface area (Å²) in [7, 11) is 1.32. The van der Waals surface area contributed by atoms with Crippen LogP contribution in [0.2, 0.25) is 0 Å². The Morgan fingerprint density at radius 1 is 1.45 bits per heavy atom. The molecule has 1 aliphatic rings. The van der Waals surface area contributed by atoms with Gasteiger partial charge in [-0.1, -0.05) is 6.07 Å². The first-order chi connectivity index (χ1) is 9.60. The zero-order valence-corrected chi connectivity index (χ0v) is 11.3. The minimum absolute atomic E-state index is 0.0474. The number of morpholine rings is 1. The van der Waals surface area contributed by atoms with Crippen LogP contribution < -0.4 is 0 Å². The van der Waals surface area contributed by atoms with Gasteiger partial charge in [-0.05, 0) is 12.1 Å². The van der Waals surface area contributed by atoms with Crippen molar-refractivity contribution in [2.24, 2.45) is 0 Å². The summed E-state index contributed by atoms with van der Waals surface area (Å²) >= 11 is 0. The van der Waals surface area contributed by atoms with Crippen molar-refractivity contribution >= 4 is 5.97 Å². The minimum atomic E-state index is -0.555. The third-order valence-corrected chi connectivity index (χ3v) is 3.29. The summed E-state index contributed by atoms with van der Waals surface area (Å²) in [6.45, 7) is 1.62. The molecule has 6 heteroatoms. The number of carbonyl (C=O) groups excluding carboxylic acids is 1. The van der Waals surface area contributed by atoms with Crippen LogP contribution in [0.5, 0.6) is 0 Å². The van der Waals surface area contributed by atoms with Crippen LogP contribution in [-0.4, -0.2) is 43.8 Å². The topological polar surface area (TPSA) is 38.8 Å². The average molecular weight is 285 g/mol. The van der Waals surface area contributed by atoms with Crippen molar-refractivity contribution in [2.75, 3.05) is 26.8 Å². The van der Waals surface area contributed by atoms with Gasteiger partial charge in [0.1, 0.15) is 11.6 Å². The highest BCUT2D eigenvalue weighted by molar-refractivity contribution is 5.69. The molecule has 20 heavy (non-hydrogen) atoms. The molecule has 0 aromatic heterocycles. The summed E-state index contributed by atoms with van der Waals surface area (Å²) in [5.41, 5.74) is 0.0474. The molecule has 0 bridgehead atoms. The van der Waals surface area contributed by atoms with Crippen LogP contribution in [-0.2, 0) is 20.8 Å². The molecule has 0 amide bonds. The standard InChI is InChI=1S/C14H17F2NO3/c1-19-14(18)7-10-8-17(5-6-20-10)9-11-12(15)3-2-4-13(11)16/h2-4,10H,5-9H2,1H3. The van der Waals surface area contributed by atoms with Crippen LogP contribution in [0.15, 0.2) is 18.2 Å². The summed E-state index contributed by atoms with van der Waals surface area (Å²) in [4.78, 5) is 13.1. The second-order valence-electron chi connectivity index (χ2n) is 4.71. The van der Waals surface area contributed by atoms with Crippen molar-refractivity contribution in [3.63, 3.8) is 0 Å². The van der Waals surface area contributed by atoms with Gasteiger partial charge in [0.15, 0.2) is 0 Å². The van der Waals surface area contributed by atoms with Gasteiger partial charge in [0.25, 0.3) is 0 Å². The van der Waals surface area contributed by atoms with Crippen molar-refractivity contribution in [3.05, 3.63) is 35.4 Å². The van der Waals surface area contributed by atoms with Gasteiger partial charge >= 0.3 is 5.97 Å². The number of benzene rings is 1. The van der Waals surface area contributed by atoms with E-state index in [0.717, 1.165) is 0 Å². The summed E-state index contributed by atoms with van der Waals surface area (Å²) in [5.74, 6) is -1.46. The van der Waals surface area contributed by atoms with Crippen LogP contribution in [0.4, 0.5) is 8.78 Å². The van der Waals surface area contributed by atoms with Gasteiger partial charge in [-0.15, -0.1) is 0 Å². The van der Waals surface area contributed by atoms with Crippen molar-refractivity contribution in [3.8, 4) is 0 Å². The number of carbonyl (C=O) groups is 1. The Labute approximate surface area is 116 Å². The normalized spacial score (nSPS) is 19.9. The lowest BCUT2D eigenvalue weighted by atomic mass is 10.1. The molecule has 1 unspecified atom stereocenters. The first-order valence-corrected chi connectivity index (χ1v) is 6.44. The lowest BCUT2D eigenvalue weighted by Crippen LogP contribution is -2.43. The van der Waals surface area contributed by atoms with Gasteiger partial charge in [0.05, 0.1) is 26.2 Å². The predicted octanol–water partition coefficient (Wildman–Crippen LogP) is 1.73. The maximum atomic E-state index is 13.6. The molecule has 0 aliphatic carbocycles. The second kappa shape index (κ2) is 6.76. The zero-order chi connectivity index (χ0) is 14.5. The Bertz CT molecular complexity index is 461. The van der Waals surface area contributed by atoms with Crippen molar-refractivity contribution < 1.29 is 23.0 Å². The summed E-state index contributed by atoms with van der Waals surface area (Å²) in [5, 5.41) is 0. The minimum Gasteiger partial charge on any atom is -0.469 e. The molecule has 0 spiro atoms. The molecule has 1 fully saturated rings. The Morgan fingerprint density at radius 2 is 2.15 bits per heavy atom. The van der Waals surface area contributed by atoms with Crippen molar-refractivity contribution in [1.29, 1.82) is 0 Å². The molecule has 4 nitrogen and oxygen atoms in total. The number of esters is 1. The van der Waals surface area contributed by atoms with E-state index < -0.39 is 11.6 Å². The Balaban J connectivity index is 1.97. The molecule has 0 N–H and O–H groups in total. The van der Waals surface area contributed by atoms with E-state index in [4.69, 9.17) is 4.74 Å². The van der Waals surface area contributed by atoms with Crippen LogP contribution in [0, 0.1) is 11.6 Å². The fourth-order valence-electron chi connectivity index (χ4n) is 2.22. The van der Waals surface area contributed by atoms with E-state index in [9.17, 15) is 13.6 Å². The average Bonchev–Trinajstić information content (AvgIpc) is 2.43. The Kier molecular flexibility index (Phi) is 5.03. The first kappa shape index (κ1) is 14.9. The van der Waals surface area contributed by atoms with Crippen LogP contribution in [0.25, 0.3) is 0 Å². The van der Waals surface area contributed by atoms with Crippen LogP contribution in [0.3, 0.4) is 0 Å². The molecular formula is C14H17F2NO3. The number of methoxy groups -OCH3 is 1. The third kappa shape index (κ3) is 3.74. The molecule has 2 rings (SSSR count). The highest BCUT2D eigenvalue weighted by Crippen LogP contribution is 2.17. The third-order valence-electron chi connectivity index (χ3n) is 3.29. The smallest absolute Gasteiger partial charge is 0.308 e. The monoisotopic (exact) mass is 285 g/mol. The van der Waals surface area contributed by atoms with Gasteiger partial charge in [-0.2, -0.15) is 0 Å². The first-order valence-electron chi connectivity index (χ1n) is 6.44. The Hall–Kier alpha value is -1.53. The van der Waals surface area contributed by atoms with E-state index >= 15 is 0 Å². The van der Waals surface area contributed by atoms with Crippen molar-refractivity contribution in [2.45, 2.75) is 19.1 Å². The fourth-order valence-corrected chi connectivity index (χ4v) is 2.22. The number of hydrogen-bond acceptors (Lipinski definition) is 4. The van der Waals surface area contributed by atoms with E-state index in [1.165, 1.54) is 25.3 Å². The molecule has 0 radical (unpaired) electrons. The SMILES string of the molecule is COC(=O)CC1CN(Cc2c(F)cccc2F)CCO1. The number of halogens is 2. The molecule has 1 saturated heterocycles. The van der Waals surface area contributed by atoms with Gasteiger partial charge in [-0.3, -0.25) is 9.69 Å². The number of ether oxygens (including phenoxy) is 2. The quantitative estimate of drug-likeness (QED) is 0.790. The number of rotatable bonds is 4. The summed E-state index contributed by atoms with van der Waals surface area (Å²) < 4.78 is 37.2. The zero-order valence-electron chi connectivity index (χ0n) is 11.3. The molecule has 1 aliphatic heterocycles.